The van der Waals surface area contributed by atoms with Gasteiger partial charge in [-0.25, -0.2) is 4.68 Å². The van der Waals surface area contributed by atoms with E-state index in [2.05, 4.69) is 10.3 Å². The van der Waals surface area contributed by atoms with Crippen LogP contribution in [-0.2, 0) is 0 Å². The minimum absolute atomic E-state index is 0.381. The second-order valence-electron chi connectivity index (χ2n) is 3.69. The number of nitrogens with zero attached hydrogens (tertiary/aromatic N) is 3. The molecule has 0 atom stereocenters. The molecule has 1 aromatic carbocycles. The topological polar surface area (TPSA) is 66.2 Å². The molecule has 2 rings (SSSR count). The van der Waals surface area contributed by atoms with Gasteiger partial charge in [-0.1, -0.05) is 5.21 Å². The number of hydrogen-bond acceptors (Lipinski definition) is 5. The largest absolute Gasteiger partial charge is 0.490 e. The van der Waals surface area contributed by atoms with Crippen LogP contribution in [0.5, 0.6) is 11.5 Å². The molecule has 0 radical (unpaired) electrons. The second-order valence-corrected chi connectivity index (χ2v) is 3.69. The number of carbonyl (C=O) groups is 1. The van der Waals surface area contributed by atoms with Crippen molar-refractivity contribution in [2.75, 3.05) is 13.2 Å². The number of aromatic nitrogens is 3. The summed E-state index contributed by atoms with van der Waals surface area (Å²) in [5.41, 5.74) is 1.08. The van der Waals surface area contributed by atoms with E-state index in [1.165, 1.54) is 10.9 Å². The van der Waals surface area contributed by atoms with Crippen LogP contribution in [0.1, 0.15) is 24.3 Å². The Morgan fingerprint density at radius 3 is 2.63 bits per heavy atom. The zero-order valence-electron chi connectivity index (χ0n) is 10.9. The molecule has 0 aliphatic rings. The Labute approximate surface area is 110 Å². The molecule has 6 nitrogen and oxygen atoms in total. The number of ether oxygens (including phenoxy) is 2. The smallest absolute Gasteiger partial charge is 0.170 e. The van der Waals surface area contributed by atoms with Gasteiger partial charge in [-0.2, -0.15) is 0 Å². The molecule has 0 saturated carbocycles. The van der Waals surface area contributed by atoms with Crippen LogP contribution < -0.4 is 9.47 Å². The predicted molar refractivity (Wildman–Crippen MR) is 69.1 cm³/mol. The molecule has 0 aliphatic heterocycles. The summed E-state index contributed by atoms with van der Waals surface area (Å²) in [4.78, 5) is 10.9. The maximum atomic E-state index is 10.9. The third-order valence-electron chi connectivity index (χ3n) is 2.47. The first-order valence-electron chi connectivity index (χ1n) is 6.06. The summed E-state index contributed by atoms with van der Waals surface area (Å²) in [5, 5.41) is 7.59. The molecule has 0 fully saturated rings. The van der Waals surface area contributed by atoms with E-state index < -0.39 is 0 Å². The molecule has 1 aromatic heterocycles. The van der Waals surface area contributed by atoms with E-state index in [1.54, 1.807) is 18.2 Å². The van der Waals surface area contributed by atoms with Crippen molar-refractivity contribution in [3.63, 3.8) is 0 Å². The summed E-state index contributed by atoms with van der Waals surface area (Å²) >= 11 is 0. The van der Waals surface area contributed by atoms with Crippen LogP contribution in [0.2, 0.25) is 0 Å². The normalized spacial score (nSPS) is 10.2. The highest BCUT2D eigenvalue weighted by atomic mass is 16.5. The molecule has 0 aliphatic carbocycles. The Morgan fingerprint density at radius 2 is 1.95 bits per heavy atom. The van der Waals surface area contributed by atoms with E-state index in [9.17, 15) is 4.79 Å². The highest BCUT2D eigenvalue weighted by molar-refractivity contribution is 5.72. The Kier molecular flexibility index (Phi) is 4.12. The number of aldehydes is 1. The van der Waals surface area contributed by atoms with Crippen molar-refractivity contribution in [1.82, 2.24) is 15.0 Å². The number of carbonyl (C=O) groups excluding carboxylic acids is 1. The SMILES string of the molecule is CCOc1ccc(-n2nncc2C=O)cc1OCC. The third-order valence-corrected chi connectivity index (χ3v) is 2.47. The van der Waals surface area contributed by atoms with Gasteiger partial charge in [-0.05, 0) is 26.0 Å². The Morgan fingerprint density at radius 1 is 1.21 bits per heavy atom. The first kappa shape index (κ1) is 13.1. The summed E-state index contributed by atoms with van der Waals surface area (Å²) in [6.07, 6.45) is 2.11. The Bertz CT molecular complexity index is 566. The third kappa shape index (κ3) is 2.73. The molecule has 0 amide bonds. The van der Waals surface area contributed by atoms with Crippen molar-refractivity contribution < 1.29 is 14.3 Å². The molecule has 100 valence electrons. The molecular weight excluding hydrogens is 246 g/mol. The summed E-state index contributed by atoms with van der Waals surface area (Å²) in [7, 11) is 0. The van der Waals surface area contributed by atoms with Gasteiger partial charge in [-0.15, -0.1) is 5.10 Å². The molecule has 6 heteroatoms. The fourth-order valence-corrected chi connectivity index (χ4v) is 1.70. The van der Waals surface area contributed by atoms with E-state index in [0.717, 1.165) is 0 Å². The van der Waals surface area contributed by atoms with Gasteiger partial charge >= 0.3 is 0 Å². The molecular formula is C13H15N3O3. The van der Waals surface area contributed by atoms with Gasteiger partial charge in [0.05, 0.1) is 25.1 Å². The van der Waals surface area contributed by atoms with Crippen LogP contribution in [0, 0.1) is 0 Å². The Hall–Kier alpha value is -2.37. The lowest BCUT2D eigenvalue weighted by atomic mass is 10.2. The lowest BCUT2D eigenvalue weighted by Crippen LogP contribution is -2.04. The van der Waals surface area contributed by atoms with E-state index in [4.69, 9.17) is 9.47 Å². The van der Waals surface area contributed by atoms with E-state index >= 15 is 0 Å². The van der Waals surface area contributed by atoms with Crippen LogP contribution in [0.4, 0.5) is 0 Å². The highest BCUT2D eigenvalue weighted by Gasteiger charge is 2.10. The van der Waals surface area contributed by atoms with E-state index in [1.807, 2.05) is 13.8 Å². The van der Waals surface area contributed by atoms with Crippen molar-refractivity contribution >= 4 is 6.29 Å². The van der Waals surface area contributed by atoms with Crippen LogP contribution in [0.25, 0.3) is 5.69 Å². The van der Waals surface area contributed by atoms with Crippen molar-refractivity contribution in [1.29, 1.82) is 0 Å². The van der Waals surface area contributed by atoms with Gasteiger partial charge < -0.3 is 9.47 Å². The van der Waals surface area contributed by atoms with Gasteiger partial charge in [0.1, 0.15) is 5.69 Å². The van der Waals surface area contributed by atoms with Crippen molar-refractivity contribution in [3.05, 3.63) is 30.1 Å². The maximum Gasteiger partial charge on any atom is 0.170 e. The van der Waals surface area contributed by atoms with Crippen molar-refractivity contribution in [2.24, 2.45) is 0 Å². The molecule has 1 heterocycles. The van der Waals surface area contributed by atoms with Gasteiger partial charge in [0.2, 0.25) is 0 Å². The number of benzene rings is 1. The van der Waals surface area contributed by atoms with Crippen LogP contribution in [0.3, 0.4) is 0 Å². The zero-order chi connectivity index (χ0) is 13.7. The molecule has 0 unspecified atom stereocenters. The first-order chi connectivity index (χ1) is 9.30. The summed E-state index contributed by atoms with van der Waals surface area (Å²) in [6, 6.07) is 5.37. The monoisotopic (exact) mass is 261 g/mol. The molecule has 0 saturated heterocycles. The standard InChI is InChI=1S/C13H15N3O3/c1-3-18-12-6-5-10(7-13(12)19-4-2)16-11(9-17)8-14-15-16/h5-9H,3-4H2,1-2H3. The van der Waals surface area contributed by atoms with E-state index in [0.29, 0.717) is 42.4 Å². The molecule has 0 spiro atoms. The molecule has 2 aromatic rings. The summed E-state index contributed by atoms with van der Waals surface area (Å²) in [5.74, 6) is 1.29. The molecule has 0 N–H and O–H groups in total. The molecule has 0 bridgehead atoms. The first-order valence-corrected chi connectivity index (χ1v) is 6.06. The van der Waals surface area contributed by atoms with Crippen LogP contribution in [0.15, 0.2) is 24.4 Å². The summed E-state index contributed by atoms with van der Waals surface area (Å²) in [6.45, 7) is 4.89. The molecule has 19 heavy (non-hydrogen) atoms. The van der Waals surface area contributed by atoms with Gasteiger partial charge in [-0.3, -0.25) is 4.79 Å². The highest BCUT2D eigenvalue weighted by Crippen LogP contribution is 2.29. The van der Waals surface area contributed by atoms with Gasteiger partial charge in [0.15, 0.2) is 17.8 Å². The Balaban J connectivity index is 2.42. The average Bonchev–Trinajstić information content (AvgIpc) is 2.89. The van der Waals surface area contributed by atoms with Crippen molar-refractivity contribution in [2.45, 2.75) is 13.8 Å². The van der Waals surface area contributed by atoms with Crippen LogP contribution >= 0.6 is 0 Å². The van der Waals surface area contributed by atoms with Crippen molar-refractivity contribution in [3.8, 4) is 17.2 Å². The minimum Gasteiger partial charge on any atom is -0.490 e. The average molecular weight is 261 g/mol. The lowest BCUT2D eigenvalue weighted by Gasteiger charge is -2.12. The van der Waals surface area contributed by atoms with Gasteiger partial charge in [0, 0.05) is 6.07 Å². The number of rotatable bonds is 6. The fourth-order valence-electron chi connectivity index (χ4n) is 1.70. The lowest BCUT2D eigenvalue weighted by molar-refractivity contribution is 0.111. The second kappa shape index (κ2) is 5.99. The van der Waals surface area contributed by atoms with Crippen LogP contribution in [-0.4, -0.2) is 34.5 Å². The summed E-state index contributed by atoms with van der Waals surface area (Å²) < 4.78 is 12.5. The van der Waals surface area contributed by atoms with Gasteiger partial charge in [0.25, 0.3) is 0 Å². The quantitative estimate of drug-likeness (QED) is 0.743. The van der Waals surface area contributed by atoms with E-state index in [-0.39, 0.29) is 0 Å². The maximum absolute atomic E-state index is 10.9. The minimum atomic E-state index is 0.381. The zero-order valence-corrected chi connectivity index (χ0v) is 10.9. The number of hydrogen-bond donors (Lipinski definition) is 0. The fraction of sp³-hybridized carbons (Fsp3) is 0.308. The predicted octanol–water partition coefficient (Wildman–Crippen LogP) is 1.88.